The molecule has 0 N–H and O–H groups in total. The molecule has 1 aromatic heterocycles. The summed E-state index contributed by atoms with van der Waals surface area (Å²) in [6.45, 7) is 3.71. The van der Waals surface area contributed by atoms with Crippen LogP contribution in [0.5, 0.6) is 5.75 Å². The molecule has 0 radical (unpaired) electrons. The summed E-state index contributed by atoms with van der Waals surface area (Å²) in [4.78, 5) is 20.9. The Bertz CT molecular complexity index is 905. The van der Waals surface area contributed by atoms with Crippen LogP contribution in [-0.4, -0.2) is 15.9 Å². The van der Waals surface area contributed by atoms with Gasteiger partial charge in [0, 0.05) is 18.0 Å². The fourth-order valence-electron chi connectivity index (χ4n) is 2.51. The lowest BCUT2D eigenvalue weighted by molar-refractivity contribution is 0.0734. The summed E-state index contributed by atoms with van der Waals surface area (Å²) in [5.74, 6) is -0.000653. The summed E-state index contributed by atoms with van der Waals surface area (Å²) in [7, 11) is 0. The summed E-state index contributed by atoms with van der Waals surface area (Å²) in [6.07, 6.45) is 8.46. The van der Waals surface area contributed by atoms with E-state index in [0.29, 0.717) is 17.1 Å². The van der Waals surface area contributed by atoms with Crippen molar-refractivity contribution < 1.29 is 13.9 Å². The third-order valence-corrected chi connectivity index (χ3v) is 3.98. The smallest absolute Gasteiger partial charge is 0.343 e. The number of ether oxygens (including phenoxy) is 1. The second-order valence-corrected chi connectivity index (χ2v) is 6.02. The van der Waals surface area contributed by atoms with Gasteiger partial charge < -0.3 is 4.74 Å². The average Bonchev–Trinajstić information content (AvgIpc) is 2.70. The fraction of sp³-hybridized carbons (Fsp3) is 0.136. The number of rotatable bonds is 7. The lowest BCUT2D eigenvalue weighted by Crippen LogP contribution is -2.08. The SMILES string of the molecule is C=CCCCc1cnc(-c2ccc(C(=O)Oc3ccc(F)cc3)cc2)nc1. The molecule has 4 nitrogen and oxygen atoms in total. The van der Waals surface area contributed by atoms with E-state index in [4.69, 9.17) is 4.74 Å². The number of aryl methyl sites for hydroxylation is 1. The number of esters is 1. The van der Waals surface area contributed by atoms with E-state index in [0.717, 1.165) is 30.4 Å². The quantitative estimate of drug-likeness (QED) is 0.257. The third-order valence-electron chi connectivity index (χ3n) is 3.98. The summed E-state index contributed by atoms with van der Waals surface area (Å²) < 4.78 is 18.1. The second kappa shape index (κ2) is 8.85. The van der Waals surface area contributed by atoms with Crippen molar-refractivity contribution >= 4 is 5.97 Å². The Hall–Kier alpha value is -3.34. The molecule has 0 unspecified atom stereocenters. The molecule has 0 saturated heterocycles. The van der Waals surface area contributed by atoms with Gasteiger partial charge in [-0.2, -0.15) is 0 Å². The maximum absolute atomic E-state index is 12.9. The van der Waals surface area contributed by atoms with Crippen molar-refractivity contribution in [2.75, 3.05) is 0 Å². The maximum Gasteiger partial charge on any atom is 0.343 e. The van der Waals surface area contributed by atoms with Crippen LogP contribution in [0.15, 0.2) is 73.6 Å². The third kappa shape index (κ3) is 5.07. The Kier molecular flexibility index (Phi) is 6.05. The predicted octanol–water partition coefficient (Wildman–Crippen LogP) is 5.01. The highest BCUT2D eigenvalue weighted by Gasteiger charge is 2.10. The van der Waals surface area contributed by atoms with E-state index in [1.165, 1.54) is 24.3 Å². The number of carbonyl (C=O) groups is 1. The predicted molar refractivity (Wildman–Crippen MR) is 102 cm³/mol. The van der Waals surface area contributed by atoms with Gasteiger partial charge in [-0.05, 0) is 61.2 Å². The Morgan fingerprint density at radius 2 is 1.70 bits per heavy atom. The highest BCUT2D eigenvalue weighted by molar-refractivity contribution is 5.91. The van der Waals surface area contributed by atoms with Gasteiger partial charge in [0.1, 0.15) is 11.6 Å². The number of hydrogen-bond acceptors (Lipinski definition) is 4. The summed E-state index contributed by atoms with van der Waals surface area (Å²) in [6, 6.07) is 12.2. The number of hydrogen-bond donors (Lipinski definition) is 0. The van der Waals surface area contributed by atoms with Gasteiger partial charge in [-0.3, -0.25) is 0 Å². The van der Waals surface area contributed by atoms with Crippen molar-refractivity contribution in [3.05, 3.63) is 90.5 Å². The molecule has 0 fully saturated rings. The minimum Gasteiger partial charge on any atom is -0.423 e. The molecule has 27 heavy (non-hydrogen) atoms. The molecule has 0 amide bonds. The molecular weight excluding hydrogens is 343 g/mol. The first-order valence-electron chi connectivity index (χ1n) is 8.66. The zero-order valence-corrected chi connectivity index (χ0v) is 14.8. The molecule has 5 heteroatoms. The molecule has 0 aliphatic carbocycles. The van der Waals surface area contributed by atoms with Crippen LogP contribution in [0.2, 0.25) is 0 Å². The Morgan fingerprint density at radius 3 is 2.33 bits per heavy atom. The number of aromatic nitrogens is 2. The van der Waals surface area contributed by atoms with Crippen molar-refractivity contribution in [3.8, 4) is 17.1 Å². The van der Waals surface area contributed by atoms with E-state index in [1.807, 2.05) is 18.5 Å². The van der Waals surface area contributed by atoms with Crippen LogP contribution in [0.1, 0.15) is 28.8 Å². The first-order chi connectivity index (χ1) is 13.2. The van der Waals surface area contributed by atoms with E-state index in [2.05, 4.69) is 16.5 Å². The molecular formula is C22H19FN2O2. The number of allylic oxidation sites excluding steroid dienone is 1. The monoisotopic (exact) mass is 362 g/mol. The van der Waals surface area contributed by atoms with Gasteiger partial charge in [0.2, 0.25) is 0 Å². The largest absolute Gasteiger partial charge is 0.423 e. The summed E-state index contributed by atoms with van der Waals surface area (Å²) in [5.41, 5.74) is 2.29. The number of benzene rings is 2. The zero-order chi connectivity index (χ0) is 19.1. The lowest BCUT2D eigenvalue weighted by atomic mass is 10.1. The zero-order valence-electron chi connectivity index (χ0n) is 14.8. The molecule has 3 aromatic rings. The highest BCUT2D eigenvalue weighted by Crippen LogP contribution is 2.18. The average molecular weight is 362 g/mol. The Balaban J connectivity index is 1.64. The second-order valence-electron chi connectivity index (χ2n) is 6.02. The van der Waals surface area contributed by atoms with Crippen LogP contribution in [0.4, 0.5) is 4.39 Å². The maximum atomic E-state index is 12.9. The molecule has 136 valence electrons. The summed E-state index contributed by atoms with van der Waals surface area (Å²) >= 11 is 0. The van der Waals surface area contributed by atoms with Gasteiger partial charge in [-0.25, -0.2) is 19.2 Å². The number of nitrogens with zero attached hydrogens (tertiary/aromatic N) is 2. The van der Waals surface area contributed by atoms with Gasteiger partial charge in [-0.1, -0.05) is 18.2 Å². The molecule has 0 atom stereocenters. The van der Waals surface area contributed by atoms with Crippen LogP contribution in [0, 0.1) is 5.82 Å². The molecule has 0 spiro atoms. The summed E-state index contributed by atoms with van der Waals surface area (Å²) in [5, 5.41) is 0. The van der Waals surface area contributed by atoms with Gasteiger partial charge in [-0.15, -0.1) is 6.58 Å². The molecule has 0 aliphatic rings. The number of halogens is 1. The molecule has 0 aliphatic heterocycles. The standard InChI is InChI=1S/C22H19FN2O2/c1-2-3-4-5-16-14-24-21(25-15-16)17-6-8-18(9-7-17)22(26)27-20-12-10-19(23)11-13-20/h2,6-15H,1,3-5H2. The van der Waals surface area contributed by atoms with Crippen molar-refractivity contribution in [1.29, 1.82) is 0 Å². The van der Waals surface area contributed by atoms with Gasteiger partial charge in [0.05, 0.1) is 5.56 Å². The van der Waals surface area contributed by atoms with E-state index in [-0.39, 0.29) is 5.82 Å². The first-order valence-corrected chi connectivity index (χ1v) is 8.66. The van der Waals surface area contributed by atoms with Crippen molar-refractivity contribution in [2.45, 2.75) is 19.3 Å². The van der Waals surface area contributed by atoms with E-state index >= 15 is 0 Å². The molecule has 1 heterocycles. The molecule has 0 bridgehead atoms. The van der Waals surface area contributed by atoms with Gasteiger partial charge in [0.15, 0.2) is 5.82 Å². The molecule has 2 aromatic carbocycles. The van der Waals surface area contributed by atoms with E-state index in [9.17, 15) is 9.18 Å². The Labute approximate surface area is 157 Å². The van der Waals surface area contributed by atoms with Crippen molar-refractivity contribution in [1.82, 2.24) is 9.97 Å². The fourth-order valence-corrected chi connectivity index (χ4v) is 2.51. The first kappa shape index (κ1) is 18.5. The van der Waals surface area contributed by atoms with Crippen LogP contribution in [-0.2, 0) is 6.42 Å². The van der Waals surface area contributed by atoms with Crippen molar-refractivity contribution in [3.63, 3.8) is 0 Å². The lowest BCUT2D eigenvalue weighted by Gasteiger charge is -2.06. The number of unbranched alkanes of at least 4 members (excludes halogenated alkanes) is 1. The minimum absolute atomic E-state index is 0.292. The Morgan fingerprint density at radius 1 is 1.04 bits per heavy atom. The molecule has 3 rings (SSSR count). The van der Waals surface area contributed by atoms with E-state index < -0.39 is 5.97 Å². The van der Waals surface area contributed by atoms with Crippen LogP contribution in [0.3, 0.4) is 0 Å². The minimum atomic E-state index is -0.508. The van der Waals surface area contributed by atoms with Gasteiger partial charge in [0.25, 0.3) is 0 Å². The van der Waals surface area contributed by atoms with Crippen molar-refractivity contribution in [2.24, 2.45) is 0 Å². The topological polar surface area (TPSA) is 52.1 Å². The van der Waals surface area contributed by atoms with E-state index in [1.54, 1.807) is 24.3 Å². The normalized spacial score (nSPS) is 10.4. The molecule has 0 saturated carbocycles. The van der Waals surface area contributed by atoms with Crippen LogP contribution < -0.4 is 4.74 Å². The van der Waals surface area contributed by atoms with Gasteiger partial charge >= 0.3 is 5.97 Å². The van der Waals surface area contributed by atoms with Crippen LogP contribution >= 0.6 is 0 Å². The van der Waals surface area contributed by atoms with Crippen LogP contribution in [0.25, 0.3) is 11.4 Å². The highest BCUT2D eigenvalue weighted by atomic mass is 19.1. The number of carbonyl (C=O) groups excluding carboxylic acids is 1.